The van der Waals surface area contributed by atoms with Crippen LogP contribution in [0.4, 0.5) is 9.18 Å². The third-order valence-corrected chi connectivity index (χ3v) is 6.33. The highest BCUT2D eigenvalue weighted by Crippen LogP contribution is 2.29. The second kappa shape index (κ2) is 12.9. The van der Waals surface area contributed by atoms with Gasteiger partial charge >= 0.3 is 6.09 Å². The van der Waals surface area contributed by atoms with Gasteiger partial charge in [-0.05, 0) is 44.4 Å². The third-order valence-electron chi connectivity index (χ3n) is 6.33. The second-order valence-corrected chi connectivity index (χ2v) is 8.66. The first-order valence-electron chi connectivity index (χ1n) is 11.5. The highest BCUT2D eigenvalue weighted by atomic mass is 19.1. The maximum absolute atomic E-state index is 13.3. The molecule has 0 bridgehead atoms. The number of ketones is 1. The molecule has 3 amide bonds. The molecule has 2 aliphatic rings. The molecule has 0 aromatic heterocycles. The lowest BCUT2D eigenvalue weighted by Crippen LogP contribution is -2.57. The van der Waals surface area contributed by atoms with E-state index in [4.69, 9.17) is 11.1 Å². The van der Waals surface area contributed by atoms with Gasteiger partial charge in [0.1, 0.15) is 18.8 Å². The third kappa shape index (κ3) is 7.86. The van der Waals surface area contributed by atoms with Crippen molar-refractivity contribution in [2.45, 2.75) is 75.9 Å². The molecule has 1 aliphatic carbocycles. The molecule has 33 heavy (non-hydrogen) atoms. The molecule has 1 saturated heterocycles. The van der Waals surface area contributed by atoms with Gasteiger partial charge in [0, 0.05) is 13.1 Å². The first-order chi connectivity index (χ1) is 15.7. The lowest BCUT2D eigenvalue weighted by atomic mass is 9.83. The van der Waals surface area contributed by atoms with E-state index in [2.05, 4.69) is 16.0 Å². The average Bonchev–Trinajstić information content (AvgIpc) is 3.29. The number of hydrogen-bond acceptors (Lipinski definition) is 5. The summed E-state index contributed by atoms with van der Waals surface area (Å²) in [6.45, 7) is -0.629. The molecule has 1 saturated carbocycles. The van der Waals surface area contributed by atoms with Gasteiger partial charge in [0.2, 0.25) is 11.8 Å². The van der Waals surface area contributed by atoms with Crippen molar-refractivity contribution in [3.63, 3.8) is 0 Å². The summed E-state index contributed by atoms with van der Waals surface area (Å²) in [7, 11) is 0. The van der Waals surface area contributed by atoms with E-state index >= 15 is 0 Å². The van der Waals surface area contributed by atoms with E-state index in [9.17, 15) is 28.7 Å². The van der Waals surface area contributed by atoms with Crippen LogP contribution in [-0.2, 0) is 14.4 Å². The molecule has 2 rings (SSSR count). The van der Waals surface area contributed by atoms with Gasteiger partial charge in [-0.1, -0.05) is 19.3 Å². The number of carbonyl (C=O) groups is 4. The standard InChI is InChI=1S/C21H35FN6O5/c22-12-16(29)14(8-4-10-25-20(23)24)26-18(30)15-9-5-11-28(15)19(31)17(27-21(32)33)13-6-2-1-3-7-13/h13-15,17,27H,1-12H2,(H,26,30)(H,32,33)(H4,23,24,25)/t14?,15?,17-/m0/s1. The molecular formula is C21H35FN6O5. The minimum Gasteiger partial charge on any atom is -0.465 e. The molecule has 11 nitrogen and oxygen atoms in total. The summed E-state index contributed by atoms with van der Waals surface area (Å²) in [5.74, 6) is -2.10. The van der Waals surface area contributed by atoms with E-state index in [-0.39, 0.29) is 18.3 Å². The van der Waals surface area contributed by atoms with Crippen LogP contribution in [0.3, 0.4) is 0 Å². The molecule has 1 aliphatic heterocycles. The Morgan fingerprint density at radius 1 is 1.09 bits per heavy atom. The number of nitrogens with one attached hydrogen (secondary N) is 4. The number of halogens is 1. The first-order valence-corrected chi connectivity index (χ1v) is 11.5. The van der Waals surface area contributed by atoms with Crippen LogP contribution >= 0.6 is 0 Å². The predicted molar refractivity (Wildman–Crippen MR) is 118 cm³/mol. The van der Waals surface area contributed by atoms with Gasteiger partial charge in [-0.3, -0.25) is 19.8 Å². The van der Waals surface area contributed by atoms with E-state index in [1.165, 1.54) is 4.90 Å². The highest BCUT2D eigenvalue weighted by molar-refractivity contribution is 5.95. The fourth-order valence-electron chi connectivity index (χ4n) is 4.67. The van der Waals surface area contributed by atoms with Gasteiger partial charge in [0.05, 0.1) is 6.04 Å². The van der Waals surface area contributed by atoms with Crippen molar-refractivity contribution in [3.05, 3.63) is 0 Å². The Kier molecular flexibility index (Phi) is 10.3. The SMILES string of the molecule is N=C(N)NCCCC(NC(=O)C1CCCN1C(=O)[C@@H](NC(=O)O)C1CCCCC1)C(=O)CF. The predicted octanol–water partition coefficient (Wildman–Crippen LogP) is 0.481. The zero-order valence-electron chi connectivity index (χ0n) is 18.8. The van der Waals surface area contributed by atoms with E-state index in [1.807, 2.05) is 0 Å². The average molecular weight is 471 g/mol. The number of hydrogen-bond donors (Lipinski definition) is 6. The number of guanidine groups is 1. The largest absolute Gasteiger partial charge is 0.465 e. The van der Waals surface area contributed by atoms with Crippen molar-refractivity contribution in [2.24, 2.45) is 11.7 Å². The van der Waals surface area contributed by atoms with E-state index in [0.717, 1.165) is 32.1 Å². The number of nitrogens with two attached hydrogens (primary N) is 1. The molecule has 0 radical (unpaired) electrons. The van der Waals surface area contributed by atoms with Crippen molar-refractivity contribution >= 4 is 29.7 Å². The maximum atomic E-state index is 13.3. The molecule has 2 fully saturated rings. The Balaban J connectivity index is 2.06. The monoisotopic (exact) mass is 470 g/mol. The minimum absolute atomic E-state index is 0.124. The number of carbonyl (C=O) groups excluding carboxylic acids is 3. The van der Waals surface area contributed by atoms with Gasteiger partial charge in [-0.2, -0.15) is 0 Å². The molecule has 0 aromatic rings. The second-order valence-electron chi connectivity index (χ2n) is 8.66. The Morgan fingerprint density at radius 3 is 2.39 bits per heavy atom. The summed E-state index contributed by atoms with van der Waals surface area (Å²) in [4.78, 5) is 51.0. The Labute approximate surface area is 192 Å². The topological polar surface area (TPSA) is 178 Å². The Bertz CT molecular complexity index is 730. The number of carboxylic acid groups (broad SMARTS) is 1. The molecule has 186 valence electrons. The van der Waals surface area contributed by atoms with Gasteiger partial charge in [0.15, 0.2) is 11.7 Å². The van der Waals surface area contributed by atoms with Gasteiger partial charge in [0.25, 0.3) is 0 Å². The zero-order valence-corrected chi connectivity index (χ0v) is 18.8. The normalized spacial score (nSPS) is 20.5. The zero-order chi connectivity index (χ0) is 24.4. The van der Waals surface area contributed by atoms with Crippen LogP contribution in [-0.4, -0.2) is 77.5 Å². The molecule has 0 spiro atoms. The summed E-state index contributed by atoms with van der Waals surface area (Å²) in [5.41, 5.74) is 5.21. The lowest BCUT2D eigenvalue weighted by Gasteiger charge is -2.34. The molecule has 2 unspecified atom stereocenters. The summed E-state index contributed by atoms with van der Waals surface area (Å²) in [6, 6.07) is -2.82. The van der Waals surface area contributed by atoms with E-state index in [1.54, 1.807) is 0 Å². The number of Topliss-reactive ketones (excluding diaryl/α,β-unsaturated/α-hetero) is 1. The highest BCUT2D eigenvalue weighted by Gasteiger charge is 2.41. The van der Waals surface area contributed by atoms with Crippen molar-refractivity contribution < 1.29 is 28.7 Å². The number of likely N-dealkylation sites (tertiary alicyclic amines) is 1. The quantitative estimate of drug-likeness (QED) is 0.144. The fourth-order valence-corrected chi connectivity index (χ4v) is 4.67. The molecule has 7 N–H and O–H groups in total. The van der Waals surface area contributed by atoms with Gasteiger partial charge in [-0.25, -0.2) is 9.18 Å². The van der Waals surface area contributed by atoms with Gasteiger partial charge in [-0.15, -0.1) is 0 Å². The number of nitrogens with zero attached hydrogens (tertiary/aromatic N) is 1. The van der Waals surface area contributed by atoms with Crippen LogP contribution in [0, 0.1) is 11.3 Å². The van der Waals surface area contributed by atoms with E-state index in [0.29, 0.717) is 32.4 Å². The molecule has 0 aromatic carbocycles. The summed E-state index contributed by atoms with van der Waals surface area (Å²) < 4.78 is 13.0. The molecule has 1 heterocycles. The fraction of sp³-hybridized carbons (Fsp3) is 0.762. The smallest absolute Gasteiger partial charge is 0.405 e. The van der Waals surface area contributed by atoms with Crippen LogP contribution in [0.2, 0.25) is 0 Å². The number of rotatable bonds is 11. The molecular weight excluding hydrogens is 435 g/mol. The Hall–Kier alpha value is -2.92. The molecule has 12 heteroatoms. The number of amides is 3. The molecule has 3 atom stereocenters. The maximum Gasteiger partial charge on any atom is 0.405 e. The minimum atomic E-state index is -1.29. The summed E-state index contributed by atoms with van der Waals surface area (Å²) >= 11 is 0. The van der Waals surface area contributed by atoms with Crippen LogP contribution in [0.25, 0.3) is 0 Å². The van der Waals surface area contributed by atoms with Crippen LogP contribution in [0.5, 0.6) is 0 Å². The first kappa shape index (κ1) is 26.3. The van der Waals surface area contributed by atoms with Crippen molar-refractivity contribution in [1.82, 2.24) is 20.9 Å². The van der Waals surface area contributed by atoms with Crippen LogP contribution in [0.15, 0.2) is 0 Å². The van der Waals surface area contributed by atoms with Crippen molar-refractivity contribution in [3.8, 4) is 0 Å². The van der Waals surface area contributed by atoms with Gasteiger partial charge < -0.3 is 31.7 Å². The lowest BCUT2D eigenvalue weighted by molar-refractivity contribution is -0.142. The summed E-state index contributed by atoms with van der Waals surface area (Å²) in [5, 5.41) is 23.9. The van der Waals surface area contributed by atoms with Crippen LogP contribution in [0.1, 0.15) is 57.8 Å². The number of alkyl halides is 1. The Morgan fingerprint density at radius 2 is 1.79 bits per heavy atom. The van der Waals surface area contributed by atoms with E-state index < -0.39 is 48.5 Å². The van der Waals surface area contributed by atoms with Crippen molar-refractivity contribution in [1.29, 1.82) is 5.41 Å². The summed E-state index contributed by atoms with van der Waals surface area (Å²) in [6.07, 6.45) is 4.55. The van der Waals surface area contributed by atoms with Crippen molar-refractivity contribution in [2.75, 3.05) is 19.8 Å². The van der Waals surface area contributed by atoms with Crippen LogP contribution < -0.4 is 21.7 Å².